The van der Waals surface area contributed by atoms with Crippen molar-refractivity contribution in [2.45, 2.75) is 0 Å². The molecule has 0 spiro atoms. The standard InChI is InChI=1S/C9H9N5O/c10-6-3-5(4-13-8(6)15)7-1-2-12-9(11)14-7/h1-4H,10H2,(H,13,15)(H2,11,12,14). The highest BCUT2D eigenvalue weighted by molar-refractivity contribution is 5.62. The summed E-state index contributed by atoms with van der Waals surface area (Å²) in [6.07, 6.45) is 3.07. The first kappa shape index (κ1) is 9.20. The van der Waals surface area contributed by atoms with Crippen molar-refractivity contribution < 1.29 is 0 Å². The van der Waals surface area contributed by atoms with Gasteiger partial charge in [-0.25, -0.2) is 9.97 Å². The molecule has 0 radical (unpaired) electrons. The Balaban J connectivity index is 2.55. The lowest BCUT2D eigenvalue weighted by Gasteiger charge is -2.01. The number of aromatic nitrogens is 3. The largest absolute Gasteiger partial charge is 0.394 e. The van der Waals surface area contributed by atoms with Crippen LogP contribution in [0.3, 0.4) is 0 Å². The molecule has 76 valence electrons. The molecule has 0 aliphatic heterocycles. The molecular weight excluding hydrogens is 194 g/mol. The summed E-state index contributed by atoms with van der Waals surface area (Å²) in [6, 6.07) is 3.23. The first-order chi connectivity index (χ1) is 7.16. The molecule has 0 unspecified atom stereocenters. The van der Waals surface area contributed by atoms with Crippen LogP contribution in [0.4, 0.5) is 11.6 Å². The summed E-state index contributed by atoms with van der Waals surface area (Å²) in [7, 11) is 0. The number of nitrogens with one attached hydrogen (secondary N) is 1. The lowest BCUT2D eigenvalue weighted by Crippen LogP contribution is -2.10. The Hall–Kier alpha value is -2.37. The SMILES string of the molecule is Nc1nccc(-c2c[nH]c(=O)c(N)c2)n1. The number of nitrogens with two attached hydrogens (primary N) is 2. The highest BCUT2D eigenvalue weighted by atomic mass is 16.1. The Bertz CT molecular complexity index is 548. The first-order valence-corrected chi connectivity index (χ1v) is 4.24. The fourth-order valence-electron chi connectivity index (χ4n) is 1.18. The van der Waals surface area contributed by atoms with E-state index in [4.69, 9.17) is 11.5 Å². The Labute approximate surface area is 85.0 Å². The predicted molar refractivity (Wildman–Crippen MR) is 56.9 cm³/mol. The number of nitrogens with zero attached hydrogens (tertiary/aromatic N) is 2. The van der Waals surface area contributed by atoms with Crippen LogP contribution in [0.1, 0.15) is 0 Å². The van der Waals surface area contributed by atoms with Crippen LogP contribution in [-0.2, 0) is 0 Å². The van der Waals surface area contributed by atoms with Gasteiger partial charge >= 0.3 is 0 Å². The molecule has 2 rings (SSSR count). The Kier molecular flexibility index (Phi) is 2.09. The molecule has 2 heterocycles. The van der Waals surface area contributed by atoms with Gasteiger partial charge < -0.3 is 16.5 Å². The zero-order valence-electron chi connectivity index (χ0n) is 7.77. The number of aromatic amines is 1. The molecule has 0 aromatic carbocycles. The van der Waals surface area contributed by atoms with Gasteiger partial charge in [0.2, 0.25) is 5.95 Å². The normalized spacial score (nSPS) is 10.1. The minimum Gasteiger partial charge on any atom is -0.394 e. The van der Waals surface area contributed by atoms with Gasteiger partial charge in [-0.2, -0.15) is 0 Å². The molecule has 0 bridgehead atoms. The van der Waals surface area contributed by atoms with Gasteiger partial charge in [-0.1, -0.05) is 0 Å². The van der Waals surface area contributed by atoms with Crippen LogP contribution in [0.15, 0.2) is 29.3 Å². The van der Waals surface area contributed by atoms with Crippen molar-refractivity contribution in [2.75, 3.05) is 11.5 Å². The van der Waals surface area contributed by atoms with Crippen LogP contribution in [0.2, 0.25) is 0 Å². The van der Waals surface area contributed by atoms with E-state index in [9.17, 15) is 4.79 Å². The van der Waals surface area contributed by atoms with Gasteiger partial charge in [0.15, 0.2) is 0 Å². The molecular formula is C9H9N5O. The van der Waals surface area contributed by atoms with Crippen molar-refractivity contribution in [2.24, 2.45) is 0 Å². The average molecular weight is 203 g/mol. The van der Waals surface area contributed by atoms with Crippen LogP contribution in [0.25, 0.3) is 11.3 Å². The second-order valence-corrected chi connectivity index (χ2v) is 2.97. The van der Waals surface area contributed by atoms with Gasteiger partial charge in [-0.3, -0.25) is 4.79 Å². The number of anilines is 2. The van der Waals surface area contributed by atoms with Crippen molar-refractivity contribution in [3.8, 4) is 11.3 Å². The molecule has 5 N–H and O–H groups in total. The van der Waals surface area contributed by atoms with E-state index in [1.165, 1.54) is 6.20 Å². The molecule has 0 saturated heterocycles. The molecule has 6 heteroatoms. The minimum absolute atomic E-state index is 0.143. The van der Waals surface area contributed by atoms with E-state index in [1.807, 2.05) is 0 Å². The Morgan fingerprint density at radius 1 is 1.33 bits per heavy atom. The summed E-state index contributed by atoms with van der Waals surface area (Å²) < 4.78 is 0. The maximum atomic E-state index is 11.0. The van der Waals surface area contributed by atoms with Gasteiger partial charge in [0.25, 0.3) is 5.56 Å². The van der Waals surface area contributed by atoms with Crippen LogP contribution in [-0.4, -0.2) is 15.0 Å². The smallest absolute Gasteiger partial charge is 0.271 e. The van der Waals surface area contributed by atoms with Crippen LogP contribution in [0.5, 0.6) is 0 Å². The molecule has 6 nitrogen and oxygen atoms in total. The average Bonchev–Trinajstić information content (AvgIpc) is 2.22. The van der Waals surface area contributed by atoms with Crippen LogP contribution >= 0.6 is 0 Å². The fraction of sp³-hybridized carbons (Fsp3) is 0. The van der Waals surface area contributed by atoms with E-state index in [0.29, 0.717) is 11.3 Å². The molecule has 2 aromatic rings. The second kappa shape index (κ2) is 3.41. The van der Waals surface area contributed by atoms with Gasteiger partial charge in [0.1, 0.15) is 0 Å². The van der Waals surface area contributed by atoms with Crippen molar-refractivity contribution >= 4 is 11.6 Å². The zero-order chi connectivity index (χ0) is 10.8. The molecule has 0 aliphatic rings. The highest BCUT2D eigenvalue weighted by Gasteiger charge is 2.02. The van der Waals surface area contributed by atoms with Crippen molar-refractivity contribution in [3.05, 3.63) is 34.9 Å². The van der Waals surface area contributed by atoms with Gasteiger partial charge in [-0.15, -0.1) is 0 Å². The monoisotopic (exact) mass is 203 g/mol. The third kappa shape index (κ3) is 1.78. The Morgan fingerprint density at radius 2 is 2.13 bits per heavy atom. The zero-order valence-corrected chi connectivity index (χ0v) is 7.77. The number of pyridine rings is 1. The van der Waals surface area contributed by atoms with E-state index in [-0.39, 0.29) is 17.2 Å². The predicted octanol–water partition coefficient (Wildman–Crippen LogP) is -0.00370. The molecule has 15 heavy (non-hydrogen) atoms. The summed E-state index contributed by atoms with van der Waals surface area (Å²) in [6.45, 7) is 0. The van der Waals surface area contributed by atoms with Crippen molar-refractivity contribution in [3.63, 3.8) is 0 Å². The van der Waals surface area contributed by atoms with Crippen LogP contribution < -0.4 is 17.0 Å². The number of nitrogen functional groups attached to an aromatic ring is 2. The number of H-pyrrole nitrogens is 1. The minimum atomic E-state index is -0.319. The van der Waals surface area contributed by atoms with Gasteiger partial charge in [0, 0.05) is 18.0 Å². The van der Waals surface area contributed by atoms with E-state index < -0.39 is 0 Å². The second-order valence-electron chi connectivity index (χ2n) is 2.97. The Morgan fingerprint density at radius 3 is 2.80 bits per heavy atom. The first-order valence-electron chi connectivity index (χ1n) is 4.24. The highest BCUT2D eigenvalue weighted by Crippen LogP contribution is 2.15. The van der Waals surface area contributed by atoms with E-state index in [1.54, 1.807) is 18.3 Å². The molecule has 0 amide bonds. The van der Waals surface area contributed by atoms with E-state index in [2.05, 4.69) is 15.0 Å². The summed E-state index contributed by atoms with van der Waals surface area (Å²) in [5.74, 6) is 0.178. The molecule has 2 aromatic heterocycles. The maximum absolute atomic E-state index is 11.0. The van der Waals surface area contributed by atoms with Gasteiger partial charge in [0.05, 0.1) is 11.4 Å². The number of hydrogen-bond acceptors (Lipinski definition) is 5. The maximum Gasteiger partial charge on any atom is 0.271 e. The van der Waals surface area contributed by atoms with Gasteiger partial charge in [-0.05, 0) is 12.1 Å². The third-order valence-electron chi connectivity index (χ3n) is 1.90. The lowest BCUT2D eigenvalue weighted by molar-refractivity contribution is 1.17. The quantitative estimate of drug-likeness (QED) is 0.604. The van der Waals surface area contributed by atoms with E-state index >= 15 is 0 Å². The summed E-state index contributed by atoms with van der Waals surface area (Å²) in [4.78, 5) is 21.3. The molecule has 0 aliphatic carbocycles. The summed E-state index contributed by atoms with van der Waals surface area (Å²) in [5, 5.41) is 0. The fourth-order valence-corrected chi connectivity index (χ4v) is 1.18. The number of hydrogen-bond donors (Lipinski definition) is 3. The van der Waals surface area contributed by atoms with E-state index in [0.717, 1.165) is 0 Å². The van der Waals surface area contributed by atoms with Crippen LogP contribution in [0, 0.1) is 0 Å². The number of rotatable bonds is 1. The summed E-state index contributed by atoms with van der Waals surface area (Å²) >= 11 is 0. The molecule has 0 fully saturated rings. The van der Waals surface area contributed by atoms with Crippen molar-refractivity contribution in [1.29, 1.82) is 0 Å². The third-order valence-corrected chi connectivity index (χ3v) is 1.90. The summed E-state index contributed by atoms with van der Waals surface area (Å²) in [5.41, 5.74) is 12.1. The topological polar surface area (TPSA) is 111 Å². The molecule has 0 saturated carbocycles. The van der Waals surface area contributed by atoms with Crippen molar-refractivity contribution in [1.82, 2.24) is 15.0 Å². The lowest BCUT2D eigenvalue weighted by atomic mass is 10.2. The molecule has 0 atom stereocenters.